The van der Waals surface area contributed by atoms with Crippen LogP contribution in [0.3, 0.4) is 0 Å². The summed E-state index contributed by atoms with van der Waals surface area (Å²) in [5.74, 6) is 2.09. The van der Waals surface area contributed by atoms with Crippen molar-refractivity contribution in [2.75, 3.05) is 30.5 Å². The summed E-state index contributed by atoms with van der Waals surface area (Å²) in [5, 5.41) is 6.80. The summed E-state index contributed by atoms with van der Waals surface area (Å²) < 4.78 is 16.9. The number of rotatable bonds is 9. The predicted octanol–water partition coefficient (Wildman–Crippen LogP) is 5.50. The van der Waals surface area contributed by atoms with Crippen molar-refractivity contribution in [1.29, 1.82) is 0 Å². The van der Waals surface area contributed by atoms with Gasteiger partial charge in [0.2, 0.25) is 5.91 Å². The van der Waals surface area contributed by atoms with Gasteiger partial charge in [0.25, 0.3) is 0 Å². The molecule has 1 fully saturated rings. The molecule has 5 rings (SSSR count). The van der Waals surface area contributed by atoms with Gasteiger partial charge >= 0.3 is 0 Å². The molecule has 1 aliphatic rings. The number of hydrogen-bond acceptors (Lipinski definition) is 6. The first kappa shape index (κ1) is 25.4. The fourth-order valence-electron chi connectivity index (χ4n) is 4.50. The van der Waals surface area contributed by atoms with Crippen molar-refractivity contribution in [3.05, 3.63) is 96.5 Å². The van der Waals surface area contributed by atoms with Crippen LogP contribution in [0.4, 0.5) is 11.4 Å². The molecule has 2 aromatic heterocycles. The van der Waals surface area contributed by atoms with Gasteiger partial charge < -0.3 is 29.4 Å². The smallest absolute Gasteiger partial charge is 0.250 e. The van der Waals surface area contributed by atoms with E-state index in [1.54, 1.807) is 6.20 Å². The van der Waals surface area contributed by atoms with Crippen LogP contribution in [0.15, 0.2) is 89.5 Å². The minimum Gasteiger partial charge on any atom is -0.494 e. The van der Waals surface area contributed by atoms with Crippen molar-refractivity contribution >= 4 is 34.6 Å². The molecule has 38 heavy (non-hydrogen) atoms. The van der Waals surface area contributed by atoms with E-state index in [1.807, 2.05) is 90.7 Å². The number of carbonyl (C=O) groups excluding carboxylic acids is 1. The van der Waals surface area contributed by atoms with Gasteiger partial charge in [-0.2, -0.15) is 0 Å². The maximum Gasteiger partial charge on any atom is 0.250 e. The van der Waals surface area contributed by atoms with E-state index in [0.717, 1.165) is 34.2 Å². The lowest BCUT2D eigenvalue weighted by molar-refractivity contribution is -0.119. The van der Waals surface area contributed by atoms with Crippen molar-refractivity contribution in [3.63, 3.8) is 0 Å². The zero-order valence-electron chi connectivity index (χ0n) is 21.1. The number of benzene rings is 2. The summed E-state index contributed by atoms with van der Waals surface area (Å²) in [4.78, 5) is 18.5. The first-order valence-electron chi connectivity index (χ1n) is 12.3. The number of furan rings is 1. The Labute approximate surface area is 226 Å². The van der Waals surface area contributed by atoms with Crippen molar-refractivity contribution in [2.45, 2.75) is 19.0 Å². The lowest BCUT2D eigenvalue weighted by atomic mass is 10.0. The van der Waals surface area contributed by atoms with Gasteiger partial charge in [0.15, 0.2) is 5.11 Å². The summed E-state index contributed by atoms with van der Waals surface area (Å²) in [6.45, 7) is 2.57. The molecule has 3 heterocycles. The number of pyridine rings is 1. The first-order valence-corrected chi connectivity index (χ1v) is 12.7. The molecular weight excluding hydrogens is 500 g/mol. The van der Waals surface area contributed by atoms with Gasteiger partial charge in [0, 0.05) is 30.2 Å². The molecule has 2 aromatic carbocycles. The van der Waals surface area contributed by atoms with Crippen molar-refractivity contribution in [1.82, 2.24) is 10.3 Å². The molecule has 9 heteroatoms. The molecule has 2 atom stereocenters. The number of hydrogen-bond donors (Lipinski definition) is 2. The Morgan fingerprint density at radius 2 is 1.87 bits per heavy atom. The Bertz CT molecular complexity index is 1390. The number of amides is 1. The molecule has 0 radical (unpaired) electrons. The Morgan fingerprint density at radius 3 is 2.55 bits per heavy atom. The molecule has 0 aliphatic carbocycles. The second-order valence-corrected chi connectivity index (χ2v) is 9.07. The molecule has 0 bridgehead atoms. The van der Waals surface area contributed by atoms with Crippen LogP contribution < -0.4 is 20.3 Å². The van der Waals surface area contributed by atoms with Crippen LogP contribution in [0, 0.1) is 0 Å². The number of ether oxygens (including phenoxy) is 2. The van der Waals surface area contributed by atoms with E-state index >= 15 is 0 Å². The van der Waals surface area contributed by atoms with Crippen LogP contribution in [0.2, 0.25) is 0 Å². The molecule has 0 spiro atoms. The highest BCUT2D eigenvalue weighted by molar-refractivity contribution is 7.80. The number of aromatic nitrogens is 1. The van der Waals surface area contributed by atoms with Gasteiger partial charge in [-0.05, 0) is 91.9 Å². The molecule has 2 unspecified atom stereocenters. The van der Waals surface area contributed by atoms with Crippen LogP contribution >= 0.6 is 12.2 Å². The van der Waals surface area contributed by atoms with Crippen molar-refractivity contribution in [2.24, 2.45) is 0 Å². The van der Waals surface area contributed by atoms with Gasteiger partial charge in [-0.3, -0.25) is 9.78 Å². The Kier molecular flexibility index (Phi) is 7.67. The van der Waals surface area contributed by atoms with Gasteiger partial charge in [-0.1, -0.05) is 6.07 Å². The maximum absolute atomic E-state index is 11.9. The lowest BCUT2D eigenvalue weighted by Crippen LogP contribution is -2.29. The van der Waals surface area contributed by atoms with E-state index in [9.17, 15) is 4.79 Å². The topological polar surface area (TPSA) is 88.9 Å². The fourth-order valence-corrected chi connectivity index (χ4v) is 4.85. The Hall–Kier alpha value is -4.21. The van der Waals surface area contributed by atoms with E-state index in [0.29, 0.717) is 17.4 Å². The van der Waals surface area contributed by atoms with Crippen LogP contribution in [0.25, 0.3) is 11.3 Å². The van der Waals surface area contributed by atoms with Gasteiger partial charge in [0.1, 0.15) is 29.9 Å². The molecule has 4 aromatic rings. The molecule has 1 amide bonds. The number of anilines is 2. The second-order valence-electron chi connectivity index (χ2n) is 8.68. The number of nitrogens with zero attached hydrogens (tertiary/aromatic N) is 2. The van der Waals surface area contributed by atoms with E-state index in [-0.39, 0.29) is 24.6 Å². The molecule has 2 N–H and O–H groups in total. The van der Waals surface area contributed by atoms with Gasteiger partial charge in [-0.15, -0.1) is 0 Å². The number of methoxy groups -OCH3 is 1. The maximum atomic E-state index is 11.9. The number of nitrogens with one attached hydrogen (secondary N) is 2. The summed E-state index contributed by atoms with van der Waals surface area (Å²) in [5.41, 5.74) is 3.33. The van der Waals surface area contributed by atoms with Crippen molar-refractivity contribution < 1.29 is 18.7 Å². The largest absolute Gasteiger partial charge is 0.494 e. The minimum atomic E-state index is -0.289. The summed E-state index contributed by atoms with van der Waals surface area (Å²) in [7, 11) is 1.48. The molecular formula is C29H28N4O4S. The summed E-state index contributed by atoms with van der Waals surface area (Å²) in [6, 6.07) is 24.6. The van der Waals surface area contributed by atoms with E-state index in [1.165, 1.54) is 7.11 Å². The number of thiocarbonyl (C=S) groups is 1. The second kappa shape index (κ2) is 11.5. The summed E-state index contributed by atoms with van der Waals surface area (Å²) >= 11 is 5.80. The normalized spacial score (nSPS) is 16.8. The van der Waals surface area contributed by atoms with Crippen LogP contribution in [-0.4, -0.2) is 36.3 Å². The third-order valence-corrected chi connectivity index (χ3v) is 6.49. The highest BCUT2D eigenvalue weighted by atomic mass is 32.1. The Morgan fingerprint density at radius 1 is 1.08 bits per heavy atom. The van der Waals surface area contributed by atoms with Crippen LogP contribution in [0.5, 0.6) is 5.75 Å². The van der Waals surface area contributed by atoms with E-state index < -0.39 is 0 Å². The summed E-state index contributed by atoms with van der Waals surface area (Å²) in [6.07, 6.45) is 1.77. The minimum absolute atomic E-state index is 0.00903. The van der Waals surface area contributed by atoms with Gasteiger partial charge in [0.05, 0.1) is 18.3 Å². The predicted molar refractivity (Wildman–Crippen MR) is 150 cm³/mol. The van der Waals surface area contributed by atoms with Crippen LogP contribution in [-0.2, 0) is 9.53 Å². The molecule has 1 saturated heterocycles. The SMILES string of the molecule is CCOc1ccc(-c2ccc(C3C(c4ccccn4)NC(=S)N3c3ccc(NC(=O)COC)cc3)o2)cc1. The standard InChI is InChI=1S/C29H28N4O4S/c1-3-36-22-13-7-19(8-14-22)24-15-16-25(37-24)28-27(23-6-4-5-17-30-23)32-29(38)33(28)21-11-9-20(10-12-21)31-26(34)18-35-2/h4-17,27-28H,3,18H2,1-2H3,(H,31,34)(H,32,38). The first-order chi connectivity index (χ1) is 18.6. The van der Waals surface area contributed by atoms with Gasteiger partial charge in [-0.25, -0.2) is 0 Å². The zero-order chi connectivity index (χ0) is 26.5. The number of carbonyl (C=O) groups is 1. The molecule has 8 nitrogen and oxygen atoms in total. The Balaban J connectivity index is 1.48. The third-order valence-electron chi connectivity index (χ3n) is 6.17. The molecule has 194 valence electrons. The van der Waals surface area contributed by atoms with E-state index in [4.69, 9.17) is 26.1 Å². The van der Waals surface area contributed by atoms with E-state index in [2.05, 4.69) is 15.6 Å². The average Bonchev–Trinajstić information content (AvgIpc) is 3.55. The fraction of sp³-hybridized carbons (Fsp3) is 0.207. The highest BCUT2D eigenvalue weighted by Crippen LogP contribution is 2.43. The molecule has 0 saturated carbocycles. The van der Waals surface area contributed by atoms with Crippen molar-refractivity contribution in [3.8, 4) is 17.1 Å². The molecule has 1 aliphatic heterocycles. The lowest BCUT2D eigenvalue weighted by Gasteiger charge is -2.26. The van der Waals surface area contributed by atoms with Crippen LogP contribution in [0.1, 0.15) is 30.5 Å². The highest BCUT2D eigenvalue weighted by Gasteiger charge is 2.42. The quantitative estimate of drug-likeness (QED) is 0.275. The third kappa shape index (κ3) is 5.39. The monoisotopic (exact) mass is 528 g/mol. The zero-order valence-corrected chi connectivity index (χ0v) is 21.9. The average molecular weight is 529 g/mol.